The summed E-state index contributed by atoms with van der Waals surface area (Å²) in [6.45, 7) is 9.53. The molecule has 3 heterocycles. The summed E-state index contributed by atoms with van der Waals surface area (Å²) in [6.07, 6.45) is 4.58. The zero-order valence-corrected chi connectivity index (χ0v) is 20.4. The van der Waals surface area contributed by atoms with Crippen LogP contribution in [0.1, 0.15) is 47.7 Å². The van der Waals surface area contributed by atoms with Crippen LogP contribution in [0.15, 0.2) is 35.4 Å². The Bertz CT molecular complexity index is 1130. The first-order valence-corrected chi connectivity index (χ1v) is 13.1. The Balaban J connectivity index is 1.70. The van der Waals surface area contributed by atoms with Crippen molar-refractivity contribution in [1.29, 1.82) is 0 Å². The first-order chi connectivity index (χ1) is 15.8. The largest absolute Gasteiger partial charge is 0.353 e. The fourth-order valence-corrected chi connectivity index (χ4v) is 5.93. The van der Waals surface area contributed by atoms with Crippen LogP contribution in [-0.4, -0.2) is 63.0 Å². The zero-order valence-electron chi connectivity index (χ0n) is 19.6. The minimum atomic E-state index is -3.82. The Hall–Kier alpha value is -2.65. The minimum absolute atomic E-state index is 0.0870. The lowest BCUT2D eigenvalue weighted by molar-refractivity contribution is 0.0636. The van der Waals surface area contributed by atoms with Gasteiger partial charge in [-0.05, 0) is 63.3 Å². The van der Waals surface area contributed by atoms with Gasteiger partial charge in [-0.3, -0.25) is 9.52 Å². The van der Waals surface area contributed by atoms with Gasteiger partial charge in [0.05, 0.1) is 22.3 Å². The van der Waals surface area contributed by atoms with E-state index in [2.05, 4.69) is 26.8 Å². The third-order valence-electron chi connectivity index (χ3n) is 6.46. The topological polar surface area (TPSA) is 94.6 Å². The SMILES string of the molecule is Cc1ccc(C)c(S(=O)(=O)Nc2cnc(N3CCNCC3)c(C(=O)N3CCCC[C@H]3C)c2)c1. The summed E-state index contributed by atoms with van der Waals surface area (Å²) in [6, 6.07) is 7.13. The van der Waals surface area contributed by atoms with Gasteiger partial charge in [0, 0.05) is 38.8 Å². The molecule has 1 amide bonds. The molecule has 2 aliphatic rings. The molecular formula is C24H33N5O3S. The molecule has 0 bridgehead atoms. The van der Waals surface area contributed by atoms with E-state index in [-0.39, 0.29) is 16.8 Å². The molecule has 4 rings (SSSR count). The minimum Gasteiger partial charge on any atom is -0.353 e. The standard InChI is InChI=1S/C24H33N5O3S/c1-17-7-8-18(2)22(14-17)33(31,32)27-20-15-21(24(30)29-11-5-4-6-19(29)3)23(26-16-20)28-12-9-25-10-13-28/h7-8,14-16,19,25,27H,4-6,9-13H2,1-3H3/t19-/m1/s1. The number of rotatable bonds is 5. The number of aryl methyl sites for hydroxylation is 2. The van der Waals surface area contributed by atoms with Crippen LogP contribution in [0.25, 0.3) is 0 Å². The predicted molar refractivity (Wildman–Crippen MR) is 130 cm³/mol. The molecule has 8 nitrogen and oxygen atoms in total. The number of hydrogen-bond acceptors (Lipinski definition) is 6. The number of aromatic nitrogens is 1. The maximum atomic E-state index is 13.6. The summed E-state index contributed by atoms with van der Waals surface area (Å²) in [5.41, 5.74) is 2.27. The number of carbonyl (C=O) groups excluding carboxylic acids is 1. The van der Waals surface area contributed by atoms with E-state index in [1.165, 1.54) is 6.20 Å². The van der Waals surface area contributed by atoms with Crippen molar-refractivity contribution in [2.75, 3.05) is 42.3 Å². The quantitative estimate of drug-likeness (QED) is 0.696. The molecular weight excluding hydrogens is 438 g/mol. The average Bonchev–Trinajstić information content (AvgIpc) is 2.81. The fourth-order valence-electron chi connectivity index (χ4n) is 4.56. The molecule has 2 saturated heterocycles. The number of pyridine rings is 1. The molecule has 1 aromatic heterocycles. The normalized spacial score (nSPS) is 19.4. The molecule has 0 radical (unpaired) electrons. The number of piperazine rings is 1. The van der Waals surface area contributed by atoms with Crippen molar-refractivity contribution in [2.45, 2.75) is 51.0 Å². The van der Waals surface area contributed by atoms with Crippen LogP contribution >= 0.6 is 0 Å². The van der Waals surface area contributed by atoms with Gasteiger partial charge in [0.2, 0.25) is 0 Å². The number of piperidine rings is 1. The van der Waals surface area contributed by atoms with Crippen LogP contribution < -0.4 is 14.9 Å². The van der Waals surface area contributed by atoms with Crippen LogP contribution in [0.2, 0.25) is 0 Å². The van der Waals surface area contributed by atoms with Crippen molar-refractivity contribution in [3.63, 3.8) is 0 Å². The maximum absolute atomic E-state index is 13.6. The average molecular weight is 472 g/mol. The molecule has 1 aromatic carbocycles. The second-order valence-corrected chi connectivity index (χ2v) is 10.7. The van der Waals surface area contributed by atoms with Crippen LogP contribution in [0.4, 0.5) is 11.5 Å². The van der Waals surface area contributed by atoms with Crippen molar-refractivity contribution in [3.8, 4) is 0 Å². The smallest absolute Gasteiger partial charge is 0.262 e. The van der Waals surface area contributed by atoms with Gasteiger partial charge in [-0.2, -0.15) is 0 Å². The molecule has 1 atom stereocenters. The van der Waals surface area contributed by atoms with Crippen molar-refractivity contribution in [2.24, 2.45) is 0 Å². The molecule has 33 heavy (non-hydrogen) atoms. The number of hydrogen-bond donors (Lipinski definition) is 2. The van der Waals surface area contributed by atoms with Gasteiger partial charge in [0.1, 0.15) is 5.82 Å². The number of benzene rings is 1. The molecule has 178 valence electrons. The highest BCUT2D eigenvalue weighted by Crippen LogP contribution is 2.28. The van der Waals surface area contributed by atoms with Gasteiger partial charge in [-0.15, -0.1) is 0 Å². The zero-order chi connectivity index (χ0) is 23.6. The second-order valence-electron chi connectivity index (χ2n) is 9.05. The number of anilines is 2. The van der Waals surface area contributed by atoms with E-state index in [0.717, 1.165) is 51.0 Å². The van der Waals surface area contributed by atoms with E-state index in [4.69, 9.17) is 0 Å². The first-order valence-electron chi connectivity index (χ1n) is 11.6. The second kappa shape index (κ2) is 9.69. The van der Waals surface area contributed by atoms with Gasteiger partial charge in [0.25, 0.3) is 15.9 Å². The lowest BCUT2D eigenvalue weighted by Crippen LogP contribution is -2.46. The van der Waals surface area contributed by atoms with Crippen molar-refractivity contribution < 1.29 is 13.2 Å². The molecule has 0 saturated carbocycles. The van der Waals surface area contributed by atoms with E-state index < -0.39 is 10.0 Å². The van der Waals surface area contributed by atoms with Crippen LogP contribution in [-0.2, 0) is 10.0 Å². The molecule has 0 spiro atoms. The first kappa shape index (κ1) is 23.5. The van der Waals surface area contributed by atoms with Crippen molar-refractivity contribution >= 4 is 27.4 Å². The van der Waals surface area contributed by atoms with Crippen molar-refractivity contribution in [3.05, 3.63) is 47.2 Å². The summed E-state index contributed by atoms with van der Waals surface area (Å²) in [4.78, 5) is 22.4. The van der Waals surface area contributed by atoms with E-state index >= 15 is 0 Å². The van der Waals surface area contributed by atoms with Gasteiger partial charge >= 0.3 is 0 Å². The van der Waals surface area contributed by atoms with E-state index in [9.17, 15) is 13.2 Å². The number of amides is 1. The molecule has 0 unspecified atom stereocenters. The summed E-state index contributed by atoms with van der Waals surface area (Å²) in [5, 5.41) is 3.32. The van der Waals surface area contributed by atoms with Crippen LogP contribution in [0.3, 0.4) is 0 Å². The summed E-state index contributed by atoms with van der Waals surface area (Å²) >= 11 is 0. The number of carbonyl (C=O) groups is 1. The van der Waals surface area contributed by atoms with Gasteiger partial charge in [-0.1, -0.05) is 12.1 Å². The number of nitrogens with one attached hydrogen (secondary N) is 2. The van der Waals surface area contributed by atoms with E-state index in [1.54, 1.807) is 25.1 Å². The number of sulfonamides is 1. The molecule has 9 heteroatoms. The summed E-state index contributed by atoms with van der Waals surface area (Å²) in [5.74, 6) is 0.532. The Kier molecular flexibility index (Phi) is 6.90. The lowest BCUT2D eigenvalue weighted by Gasteiger charge is -2.35. The van der Waals surface area contributed by atoms with Crippen molar-refractivity contribution in [1.82, 2.24) is 15.2 Å². The summed E-state index contributed by atoms with van der Waals surface area (Å²) < 4.78 is 28.9. The van der Waals surface area contributed by atoms with Crippen LogP contribution in [0.5, 0.6) is 0 Å². The third kappa shape index (κ3) is 5.14. The molecule has 2 N–H and O–H groups in total. The Morgan fingerprint density at radius 1 is 1.12 bits per heavy atom. The molecule has 2 aromatic rings. The Morgan fingerprint density at radius 2 is 1.88 bits per heavy atom. The van der Waals surface area contributed by atoms with Gasteiger partial charge < -0.3 is 15.1 Å². The summed E-state index contributed by atoms with van der Waals surface area (Å²) in [7, 11) is -3.82. The van der Waals surface area contributed by atoms with Crippen LogP contribution in [0, 0.1) is 13.8 Å². The number of likely N-dealkylation sites (tertiary alicyclic amines) is 1. The van der Waals surface area contributed by atoms with E-state index in [1.807, 2.05) is 17.9 Å². The third-order valence-corrected chi connectivity index (χ3v) is 7.99. The molecule has 0 aliphatic carbocycles. The maximum Gasteiger partial charge on any atom is 0.262 e. The number of nitrogens with zero attached hydrogens (tertiary/aromatic N) is 3. The molecule has 2 fully saturated rings. The van der Waals surface area contributed by atoms with Gasteiger partial charge in [-0.25, -0.2) is 13.4 Å². The highest BCUT2D eigenvalue weighted by atomic mass is 32.2. The Labute approximate surface area is 196 Å². The lowest BCUT2D eigenvalue weighted by atomic mass is 10.0. The van der Waals surface area contributed by atoms with Gasteiger partial charge in [0.15, 0.2) is 0 Å². The predicted octanol–water partition coefficient (Wildman–Crippen LogP) is 2.92. The van der Waals surface area contributed by atoms with E-state index in [0.29, 0.717) is 29.2 Å². The molecule has 2 aliphatic heterocycles. The monoisotopic (exact) mass is 471 g/mol. The fraction of sp³-hybridized carbons (Fsp3) is 0.500. The Morgan fingerprint density at radius 3 is 2.61 bits per heavy atom. The highest BCUT2D eigenvalue weighted by Gasteiger charge is 2.29. The highest BCUT2D eigenvalue weighted by molar-refractivity contribution is 7.92.